The number of fused-ring (bicyclic) bond motifs is 1. The zero-order valence-corrected chi connectivity index (χ0v) is 16.3. The fraction of sp³-hybridized carbons (Fsp3) is 0.500. The maximum atomic E-state index is 12.6. The highest BCUT2D eigenvalue weighted by Crippen LogP contribution is 2.20. The predicted octanol–water partition coefficient (Wildman–Crippen LogP) is 1.47. The van der Waals surface area contributed by atoms with E-state index in [0.717, 1.165) is 5.39 Å². The molecule has 1 saturated heterocycles. The predicted molar refractivity (Wildman–Crippen MR) is 103 cm³/mol. The summed E-state index contributed by atoms with van der Waals surface area (Å²) in [5.74, 6) is -0.262. The summed E-state index contributed by atoms with van der Waals surface area (Å²) in [7, 11) is 0. The molecule has 144 valence electrons. The van der Waals surface area contributed by atoms with Crippen LogP contribution in [0.5, 0.6) is 0 Å². The first-order chi connectivity index (χ1) is 12.6. The molecule has 2 amide bonds. The third-order valence-corrected chi connectivity index (χ3v) is 4.59. The second-order valence-corrected chi connectivity index (χ2v) is 8.40. The van der Waals surface area contributed by atoms with Gasteiger partial charge in [0.15, 0.2) is 0 Å². The average molecular weight is 370 g/mol. The monoisotopic (exact) mass is 370 g/mol. The Morgan fingerprint density at radius 2 is 1.89 bits per heavy atom. The summed E-state index contributed by atoms with van der Waals surface area (Å²) >= 11 is 0. The van der Waals surface area contributed by atoms with E-state index in [1.807, 2.05) is 19.1 Å². The number of nitrogens with zero attached hydrogens (tertiary/aromatic N) is 3. The first-order valence-corrected chi connectivity index (χ1v) is 9.18. The minimum absolute atomic E-state index is 0.00834. The van der Waals surface area contributed by atoms with Crippen LogP contribution in [0.25, 0.3) is 10.8 Å². The molecule has 7 nitrogen and oxygen atoms in total. The Kier molecular flexibility index (Phi) is 5.04. The van der Waals surface area contributed by atoms with Gasteiger partial charge >= 0.3 is 0 Å². The molecule has 0 spiro atoms. The Balaban J connectivity index is 1.69. The molecule has 0 aliphatic carbocycles. The number of rotatable bonds is 4. The maximum Gasteiger partial charge on any atom is 0.275 e. The van der Waals surface area contributed by atoms with Crippen molar-refractivity contribution in [3.8, 4) is 0 Å². The molecule has 1 fully saturated rings. The van der Waals surface area contributed by atoms with Crippen molar-refractivity contribution in [2.24, 2.45) is 5.41 Å². The molecule has 2 heterocycles. The normalized spacial score (nSPS) is 17.6. The van der Waals surface area contributed by atoms with Crippen molar-refractivity contribution in [3.63, 3.8) is 0 Å². The van der Waals surface area contributed by atoms with Gasteiger partial charge in [0.05, 0.1) is 17.1 Å². The topological polar surface area (TPSA) is 84.3 Å². The van der Waals surface area contributed by atoms with Crippen molar-refractivity contribution in [2.45, 2.75) is 46.7 Å². The van der Waals surface area contributed by atoms with Gasteiger partial charge < -0.3 is 10.2 Å². The van der Waals surface area contributed by atoms with Gasteiger partial charge in [0.2, 0.25) is 11.8 Å². The summed E-state index contributed by atoms with van der Waals surface area (Å²) in [4.78, 5) is 38.9. The first kappa shape index (κ1) is 19.1. The number of nitrogens with one attached hydrogen (secondary N) is 1. The summed E-state index contributed by atoms with van der Waals surface area (Å²) < 4.78 is 1.19. The van der Waals surface area contributed by atoms with E-state index in [0.29, 0.717) is 30.6 Å². The number of benzene rings is 1. The van der Waals surface area contributed by atoms with Crippen LogP contribution in [-0.2, 0) is 16.1 Å². The quantitative estimate of drug-likeness (QED) is 0.883. The van der Waals surface area contributed by atoms with Gasteiger partial charge in [-0.05, 0) is 18.4 Å². The number of aromatic nitrogens is 2. The van der Waals surface area contributed by atoms with E-state index in [1.54, 1.807) is 17.0 Å². The van der Waals surface area contributed by atoms with Crippen LogP contribution < -0.4 is 10.9 Å². The Morgan fingerprint density at radius 3 is 2.56 bits per heavy atom. The van der Waals surface area contributed by atoms with E-state index in [2.05, 4.69) is 31.2 Å². The molecule has 0 saturated carbocycles. The van der Waals surface area contributed by atoms with Crippen LogP contribution >= 0.6 is 0 Å². The van der Waals surface area contributed by atoms with Crippen LogP contribution in [0, 0.1) is 12.3 Å². The van der Waals surface area contributed by atoms with Gasteiger partial charge in [0, 0.05) is 24.9 Å². The molecule has 1 aromatic heterocycles. The van der Waals surface area contributed by atoms with Gasteiger partial charge in [-0.15, -0.1) is 0 Å². The summed E-state index contributed by atoms with van der Waals surface area (Å²) in [5.41, 5.74) is 0.419. The molecular weight excluding hydrogens is 344 g/mol. The highest BCUT2D eigenvalue weighted by Gasteiger charge is 2.32. The maximum absolute atomic E-state index is 12.6. The number of hydrogen-bond acceptors (Lipinski definition) is 4. The van der Waals surface area contributed by atoms with E-state index in [-0.39, 0.29) is 35.4 Å². The molecule has 1 aliphatic heterocycles. The lowest BCUT2D eigenvalue weighted by molar-refractivity contribution is -0.128. The van der Waals surface area contributed by atoms with Crippen LogP contribution in [0.15, 0.2) is 29.1 Å². The largest absolute Gasteiger partial charge is 0.349 e. The molecule has 0 radical (unpaired) electrons. The third-order valence-electron chi connectivity index (χ3n) is 4.59. The van der Waals surface area contributed by atoms with Gasteiger partial charge in [-0.3, -0.25) is 14.4 Å². The van der Waals surface area contributed by atoms with Gasteiger partial charge in [-0.1, -0.05) is 39.0 Å². The number of hydrogen-bond donors (Lipinski definition) is 1. The second-order valence-electron chi connectivity index (χ2n) is 8.40. The van der Waals surface area contributed by atoms with E-state index in [1.165, 1.54) is 4.68 Å². The molecule has 1 N–H and O–H groups in total. The SMILES string of the molecule is Cc1nn(CC(=O)NC2CC(=O)N(CC(C)(C)C)C2)c(=O)c2ccccc12. The van der Waals surface area contributed by atoms with Gasteiger partial charge in [0.25, 0.3) is 5.56 Å². The summed E-state index contributed by atoms with van der Waals surface area (Å²) in [6.07, 6.45) is 0.293. The van der Waals surface area contributed by atoms with Gasteiger partial charge in [-0.2, -0.15) is 5.10 Å². The van der Waals surface area contributed by atoms with Crippen molar-refractivity contribution in [1.29, 1.82) is 0 Å². The molecule has 0 bridgehead atoms. The highest BCUT2D eigenvalue weighted by atomic mass is 16.2. The molecule has 7 heteroatoms. The Hall–Kier alpha value is -2.70. The zero-order chi connectivity index (χ0) is 19.8. The minimum Gasteiger partial charge on any atom is -0.349 e. The molecule has 27 heavy (non-hydrogen) atoms. The second kappa shape index (κ2) is 7.13. The highest BCUT2D eigenvalue weighted by molar-refractivity contribution is 5.84. The van der Waals surface area contributed by atoms with Crippen molar-refractivity contribution in [1.82, 2.24) is 20.0 Å². The number of carbonyl (C=O) groups excluding carboxylic acids is 2. The van der Waals surface area contributed by atoms with Gasteiger partial charge in [-0.25, -0.2) is 4.68 Å². The molecule has 1 unspecified atom stereocenters. The number of aryl methyl sites for hydroxylation is 1. The Labute approximate surface area is 158 Å². The lowest BCUT2D eigenvalue weighted by Crippen LogP contribution is -2.42. The molecule has 1 atom stereocenters. The number of amides is 2. The van der Waals surface area contributed by atoms with Crippen LogP contribution in [0.4, 0.5) is 0 Å². The molecule has 3 rings (SSSR count). The first-order valence-electron chi connectivity index (χ1n) is 9.18. The molecule has 2 aromatic rings. The lowest BCUT2D eigenvalue weighted by atomic mass is 9.96. The fourth-order valence-electron chi connectivity index (χ4n) is 3.52. The molecule has 1 aromatic carbocycles. The van der Waals surface area contributed by atoms with Crippen LogP contribution in [-0.4, -0.2) is 45.6 Å². The molecule has 1 aliphatic rings. The van der Waals surface area contributed by atoms with E-state index < -0.39 is 0 Å². The summed E-state index contributed by atoms with van der Waals surface area (Å²) in [5, 5.41) is 8.46. The summed E-state index contributed by atoms with van der Waals surface area (Å²) in [6.45, 7) is 9.04. The Morgan fingerprint density at radius 1 is 1.22 bits per heavy atom. The van der Waals surface area contributed by atoms with Crippen molar-refractivity contribution in [3.05, 3.63) is 40.3 Å². The lowest BCUT2D eigenvalue weighted by Gasteiger charge is -2.26. The third kappa shape index (κ3) is 4.35. The minimum atomic E-state index is -0.310. The zero-order valence-electron chi connectivity index (χ0n) is 16.3. The van der Waals surface area contributed by atoms with E-state index >= 15 is 0 Å². The Bertz CT molecular complexity index is 942. The van der Waals surface area contributed by atoms with E-state index in [4.69, 9.17) is 0 Å². The van der Waals surface area contributed by atoms with Crippen LogP contribution in [0.2, 0.25) is 0 Å². The number of carbonyl (C=O) groups is 2. The molecular formula is C20H26N4O3. The average Bonchev–Trinajstić information content (AvgIpc) is 2.89. The van der Waals surface area contributed by atoms with Gasteiger partial charge in [0.1, 0.15) is 6.54 Å². The van der Waals surface area contributed by atoms with Crippen molar-refractivity contribution >= 4 is 22.6 Å². The van der Waals surface area contributed by atoms with Crippen molar-refractivity contribution < 1.29 is 9.59 Å². The number of likely N-dealkylation sites (tertiary alicyclic amines) is 1. The van der Waals surface area contributed by atoms with E-state index in [9.17, 15) is 14.4 Å². The standard InChI is InChI=1S/C20H26N4O3/c1-13-15-7-5-6-8-16(15)19(27)24(22-13)11-17(25)21-14-9-18(26)23(10-14)12-20(2,3)4/h5-8,14H,9-12H2,1-4H3,(H,21,25). The van der Waals surface area contributed by atoms with Crippen LogP contribution in [0.3, 0.4) is 0 Å². The fourth-order valence-corrected chi connectivity index (χ4v) is 3.52. The smallest absolute Gasteiger partial charge is 0.275 e. The van der Waals surface area contributed by atoms with Crippen molar-refractivity contribution in [2.75, 3.05) is 13.1 Å². The summed E-state index contributed by atoms with van der Waals surface area (Å²) in [6, 6.07) is 7.00. The van der Waals surface area contributed by atoms with Crippen LogP contribution in [0.1, 0.15) is 32.9 Å².